The van der Waals surface area contributed by atoms with Gasteiger partial charge in [-0.2, -0.15) is 0 Å². The Labute approximate surface area is 153 Å². The van der Waals surface area contributed by atoms with Crippen LogP contribution in [0.1, 0.15) is 49.2 Å². The van der Waals surface area contributed by atoms with Gasteiger partial charge >= 0.3 is 0 Å². The van der Waals surface area contributed by atoms with Crippen LogP contribution in [0.4, 0.5) is 0 Å². The number of aryl methyl sites for hydroxylation is 1. The Hall–Kier alpha value is -1.73. The van der Waals surface area contributed by atoms with Crippen LogP contribution in [0.15, 0.2) is 4.79 Å². The predicted octanol–water partition coefficient (Wildman–Crippen LogP) is 0.966. The first-order valence-electron chi connectivity index (χ1n) is 9.70. The number of ether oxygens (including phenoxy) is 1. The number of carbonyl (C=O) groups is 1. The first kappa shape index (κ1) is 17.7. The van der Waals surface area contributed by atoms with Crippen LogP contribution in [0.3, 0.4) is 0 Å². The fourth-order valence-corrected chi connectivity index (χ4v) is 4.76. The topological polar surface area (TPSA) is 67.7 Å². The number of nitrogens with zero attached hydrogens (tertiary/aromatic N) is 4. The van der Waals surface area contributed by atoms with Gasteiger partial charge in [0.25, 0.3) is 5.56 Å². The van der Waals surface area contributed by atoms with E-state index < -0.39 is 5.54 Å². The van der Waals surface area contributed by atoms with E-state index in [1.807, 2.05) is 11.8 Å². The summed E-state index contributed by atoms with van der Waals surface area (Å²) in [6.45, 7) is 5.68. The van der Waals surface area contributed by atoms with E-state index in [2.05, 4.69) is 9.88 Å². The summed E-state index contributed by atoms with van der Waals surface area (Å²) in [6, 6.07) is 0. The average molecular weight is 360 g/mol. The number of fused-ring (bicyclic) bond motifs is 1. The maximum Gasteiger partial charge on any atom is 0.258 e. The van der Waals surface area contributed by atoms with Crippen molar-refractivity contribution < 1.29 is 9.53 Å². The Kier molecular flexibility index (Phi) is 4.61. The number of amides is 1. The van der Waals surface area contributed by atoms with Crippen molar-refractivity contribution >= 4 is 5.91 Å². The third kappa shape index (κ3) is 2.77. The maximum absolute atomic E-state index is 13.7. The quantitative estimate of drug-likeness (QED) is 0.786. The van der Waals surface area contributed by atoms with Gasteiger partial charge in [-0.25, -0.2) is 4.98 Å². The monoisotopic (exact) mass is 360 g/mol. The molecule has 0 bridgehead atoms. The Morgan fingerprint density at radius 1 is 1.12 bits per heavy atom. The molecular formula is C19H28N4O3. The van der Waals surface area contributed by atoms with Crippen molar-refractivity contribution in [2.45, 2.75) is 57.7 Å². The normalized spacial score (nSPS) is 23.1. The molecule has 1 saturated heterocycles. The third-order valence-corrected chi connectivity index (χ3v) is 6.37. The lowest BCUT2D eigenvalue weighted by molar-refractivity contribution is -0.152. The van der Waals surface area contributed by atoms with Crippen LogP contribution >= 0.6 is 0 Å². The SMILES string of the molecule is Cc1nc2c(c(=O)n1C)CN(C(=O)C1(N3CCOCC3)CCCCC1)C2. The second-order valence-corrected chi connectivity index (χ2v) is 7.80. The molecule has 0 atom stereocenters. The van der Waals surface area contributed by atoms with Gasteiger partial charge in [-0.05, 0) is 19.8 Å². The van der Waals surface area contributed by atoms with E-state index in [4.69, 9.17) is 4.74 Å². The molecule has 0 unspecified atom stereocenters. The van der Waals surface area contributed by atoms with Gasteiger partial charge in [-0.1, -0.05) is 19.3 Å². The van der Waals surface area contributed by atoms with E-state index in [1.54, 1.807) is 11.6 Å². The van der Waals surface area contributed by atoms with Crippen LogP contribution < -0.4 is 5.56 Å². The second-order valence-electron chi connectivity index (χ2n) is 7.80. The zero-order valence-corrected chi connectivity index (χ0v) is 15.8. The van der Waals surface area contributed by atoms with Gasteiger partial charge in [0.15, 0.2) is 0 Å². The van der Waals surface area contributed by atoms with Crippen LogP contribution in [0.5, 0.6) is 0 Å². The molecule has 1 aromatic rings. The first-order valence-corrected chi connectivity index (χ1v) is 9.70. The molecule has 1 amide bonds. The highest BCUT2D eigenvalue weighted by Crippen LogP contribution is 2.37. The number of aromatic nitrogens is 2. The van der Waals surface area contributed by atoms with Gasteiger partial charge in [-0.15, -0.1) is 0 Å². The molecule has 1 saturated carbocycles. The fraction of sp³-hybridized carbons (Fsp3) is 0.737. The Morgan fingerprint density at radius 2 is 1.81 bits per heavy atom. The van der Waals surface area contributed by atoms with Crippen molar-refractivity contribution in [3.8, 4) is 0 Å². The molecule has 3 heterocycles. The predicted molar refractivity (Wildman–Crippen MR) is 96.7 cm³/mol. The van der Waals surface area contributed by atoms with E-state index in [1.165, 1.54) is 6.42 Å². The lowest BCUT2D eigenvalue weighted by Gasteiger charge is -2.48. The number of hydrogen-bond acceptors (Lipinski definition) is 5. The van der Waals surface area contributed by atoms with Crippen molar-refractivity contribution in [3.05, 3.63) is 27.4 Å². The van der Waals surface area contributed by atoms with Crippen LogP contribution in [-0.2, 0) is 29.7 Å². The van der Waals surface area contributed by atoms with Crippen LogP contribution in [0.2, 0.25) is 0 Å². The molecule has 142 valence electrons. The summed E-state index contributed by atoms with van der Waals surface area (Å²) in [5, 5.41) is 0. The average Bonchev–Trinajstić information content (AvgIpc) is 3.11. The molecule has 1 aliphatic carbocycles. The highest BCUT2D eigenvalue weighted by atomic mass is 16.5. The van der Waals surface area contributed by atoms with E-state index >= 15 is 0 Å². The summed E-state index contributed by atoms with van der Waals surface area (Å²) in [6.07, 6.45) is 5.18. The summed E-state index contributed by atoms with van der Waals surface area (Å²) >= 11 is 0. The van der Waals surface area contributed by atoms with E-state index in [-0.39, 0.29) is 11.5 Å². The summed E-state index contributed by atoms with van der Waals surface area (Å²) < 4.78 is 7.09. The summed E-state index contributed by atoms with van der Waals surface area (Å²) in [5.41, 5.74) is 1.00. The minimum Gasteiger partial charge on any atom is -0.379 e. The highest BCUT2D eigenvalue weighted by Gasteiger charge is 2.48. The van der Waals surface area contributed by atoms with Crippen LogP contribution in [0, 0.1) is 6.92 Å². The number of hydrogen-bond donors (Lipinski definition) is 0. The number of rotatable bonds is 2. The molecule has 2 aliphatic heterocycles. The molecular weight excluding hydrogens is 332 g/mol. The second kappa shape index (κ2) is 6.78. The first-order chi connectivity index (χ1) is 12.5. The lowest BCUT2D eigenvalue weighted by Crippen LogP contribution is -2.62. The van der Waals surface area contributed by atoms with Crippen molar-refractivity contribution in [1.29, 1.82) is 0 Å². The lowest BCUT2D eigenvalue weighted by atomic mass is 9.78. The maximum atomic E-state index is 13.7. The molecule has 0 radical (unpaired) electrons. The standard InChI is InChI=1S/C19H28N4O3/c1-14-20-16-13-22(12-15(16)17(24)21(14)2)18(25)19(6-4-3-5-7-19)23-8-10-26-11-9-23/h3-13H2,1-2H3. The minimum absolute atomic E-state index is 0.0214. The molecule has 1 aromatic heterocycles. The van der Waals surface area contributed by atoms with E-state index in [9.17, 15) is 9.59 Å². The molecule has 0 aromatic carbocycles. The van der Waals surface area contributed by atoms with Crippen molar-refractivity contribution in [2.24, 2.45) is 7.05 Å². The zero-order chi connectivity index (χ0) is 18.3. The number of morpholine rings is 1. The molecule has 7 heteroatoms. The van der Waals surface area contributed by atoms with Crippen LogP contribution in [0.25, 0.3) is 0 Å². The molecule has 2 fully saturated rings. The zero-order valence-electron chi connectivity index (χ0n) is 15.8. The van der Waals surface area contributed by atoms with Crippen molar-refractivity contribution in [2.75, 3.05) is 26.3 Å². The van der Waals surface area contributed by atoms with E-state index in [0.717, 1.165) is 44.5 Å². The number of carbonyl (C=O) groups excluding carboxylic acids is 1. The van der Waals surface area contributed by atoms with Gasteiger partial charge in [0, 0.05) is 20.1 Å². The van der Waals surface area contributed by atoms with Gasteiger partial charge in [-0.3, -0.25) is 19.1 Å². The Balaban J connectivity index is 1.63. The van der Waals surface area contributed by atoms with Crippen molar-refractivity contribution in [1.82, 2.24) is 19.4 Å². The molecule has 3 aliphatic rings. The molecule has 26 heavy (non-hydrogen) atoms. The van der Waals surface area contributed by atoms with Gasteiger partial charge in [0.1, 0.15) is 11.4 Å². The van der Waals surface area contributed by atoms with Crippen molar-refractivity contribution in [3.63, 3.8) is 0 Å². The highest BCUT2D eigenvalue weighted by molar-refractivity contribution is 5.87. The summed E-state index contributed by atoms with van der Waals surface area (Å²) in [4.78, 5) is 35.0. The Morgan fingerprint density at radius 3 is 2.50 bits per heavy atom. The summed E-state index contributed by atoms with van der Waals surface area (Å²) in [5.74, 6) is 0.875. The summed E-state index contributed by atoms with van der Waals surface area (Å²) in [7, 11) is 1.74. The molecule has 0 spiro atoms. The van der Waals surface area contributed by atoms with Gasteiger partial charge < -0.3 is 9.64 Å². The van der Waals surface area contributed by atoms with Gasteiger partial charge in [0.2, 0.25) is 5.91 Å². The molecule has 4 rings (SSSR count). The molecule has 0 N–H and O–H groups in total. The molecule has 7 nitrogen and oxygen atoms in total. The smallest absolute Gasteiger partial charge is 0.258 e. The van der Waals surface area contributed by atoms with Crippen LogP contribution in [-0.4, -0.2) is 57.1 Å². The minimum atomic E-state index is -0.426. The van der Waals surface area contributed by atoms with Gasteiger partial charge in [0.05, 0.1) is 37.6 Å². The Bertz CT molecular complexity index is 761. The fourth-order valence-electron chi connectivity index (χ4n) is 4.76. The third-order valence-electron chi connectivity index (χ3n) is 6.37. The largest absolute Gasteiger partial charge is 0.379 e. The van der Waals surface area contributed by atoms with E-state index in [0.29, 0.717) is 37.7 Å².